The predicted molar refractivity (Wildman–Crippen MR) is 68.7 cm³/mol. The lowest BCUT2D eigenvalue weighted by molar-refractivity contribution is 0.0310. The Hall–Kier alpha value is -1.00. The zero-order chi connectivity index (χ0) is 12.7. The molecule has 2 aliphatic heterocycles. The Kier molecular flexibility index (Phi) is 3.08. The maximum Gasteiger partial charge on any atom is 0.289 e. The molecule has 2 saturated heterocycles. The van der Waals surface area contributed by atoms with Crippen LogP contribution in [0.2, 0.25) is 5.22 Å². The van der Waals surface area contributed by atoms with Crippen molar-refractivity contribution in [1.29, 1.82) is 0 Å². The normalized spacial score (nSPS) is 28.4. The standard InChI is InChI=1S/C13H17ClN2O2/c1-15-5-9-4-10(6-15)8-16(7-9)13(17)11-2-3-12(14)18-11/h2-3,9-10H,4-8H2,1H3. The van der Waals surface area contributed by atoms with E-state index in [1.807, 2.05) is 4.90 Å². The second-order valence-corrected chi connectivity index (χ2v) is 5.88. The number of amides is 1. The monoisotopic (exact) mass is 268 g/mol. The largest absolute Gasteiger partial charge is 0.440 e. The van der Waals surface area contributed by atoms with Gasteiger partial charge < -0.3 is 14.2 Å². The van der Waals surface area contributed by atoms with Gasteiger partial charge in [0.25, 0.3) is 5.91 Å². The van der Waals surface area contributed by atoms with Gasteiger partial charge in [0.05, 0.1) is 0 Å². The number of carbonyl (C=O) groups is 1. The van der Waals surface area contributed by atoms with Gasteiger partial charge in [-0.15, -0.1) is 0 Å². The molecule has 1 amide bonds. The average molecular weight is 269 g/mol. The molecule has 2 unspecified atom stereocenters. The van der Waals surface area contributed by atoms with Crippen LogP contribution < -0.4 is 0 Å². The van der Waals surface area contributed by atoms with Gasteiger partial charge in [-0.3, -0.25) is 4.79 Å². The third-order valence-corrected chi connectivity index (χ3v) is 4.04. The average Bonchev–Trinajstić information content (AvgIpc) is 2.73. The number of hydrogen-bond acceptors (Lipinski definition) is 3. The number of likely N-dealkylation sites (tertiary alicyclic amines) is 2. The van der Waals surface area contributed by atoms with Crippen molar-refractivity contribution in [3.8, 4) is 0 Å². The van der Waals surface area contributed by atoms with Gasteiger partial charge in [-0.2, -0.15) is 0 Å². The molecule has 1 aromatic heterocycles. The Morgan fingerprint density at radius 2 is 1.94 bits per heavy atom. The Labute approximate surface area is 111 Å². The summed E-state index contributed by atoms with van der Waals surface area (Å²) in [6.45, 7) is 3.83. The third kappa shape index (κ3) is 2.27. The van der Waals surface area contributed by atoms with Crippen molar-refractivity contribution in [3.05, 3.63) is 23.1 Å². The first-order valence-electron chi connectivity index (χ1n) is 6.35. The van der Waals surface area contributed by atoms with Crippen molar-refractivity contribution >= 4 is 17.5 Å². The first-order valence-corrected chi connectivity index (χ1v) is 6.73. The molecule has 0 saturated carbocycles. The van der Waals surface area contributed by atoms with Crippen LogP contribution in [-0.2, 0) is 0 Å². The van der Waals surface area contributed by atoms with Crippen molar-refractivity contribution in [3.63, 3.8) is 0 Å². The Balaban J connectivity index is 1.72. The van der Waals surface area contributed by atoms with Crippen LogP contribution in [0.15, 0.2) is 16.5 Å². The van der Waals surface area contributed by atoms with Crippen molar-refractivity contribution < 1.29 is 9.21 Å². The molecule has 0 N–H and O–H groups in total. The van der Waals surface area contributed by atoms with Crippen LogP contribution in [0, 0.1) is 11.8 Å². The summed E-state index contributed by atoms with van der Waals surface area (Å²) in [6, 6.07) is 3.27. The molecule has 0 aliphatic carbocycles. The predicted octanol–water partition coefficient (Wildman–Crippen LogP) is 1.96. The zero-order valence-electron chi connectivity index (χ0n) is 10.4. The number of fused-ring (bicyclic) bond motifs is 2. The Morgan fingerprint density at radius 3 is 2.50 bits per heavy atom. The fourth-order valence-corrected chi connectivity index (χ4v) is 3.44. The van der Waals surface area contributed by atoms with Crippen LogP contribution in [0.1, 0.15) is 17.0 Å². The Bertz CT molecular complexity index is 442. The lowest BCUT2D eigenvalue weighted by atomic mass is 9.85. The van der Waals surface area contributed by atoms with Gasteiger partial charge in [-0.1, -0.05) is 0 Å². The highest BCUT2D eigenvalue weighted by molar-refractivity contribution is 6.29. The highest BCUT2D eigenvalue weighted by Crippen LogP contribution is 2.29. The smallest absolute Gasteiger partial charge is 0.289 e. The number of nitrogens with zero attached hydrogens (tertiary/aromatic N) is 2. The minimum absolute atomic E-state index is 0.0267. The molecule has 0 radical (unpaired) electrons. The van der Waals surface area contributed by atoms with Gasteiger partial charge in [0, 0.05) is 26.2 Å². The molecular weight excluding hydrogens is 252 g/mol. The van der Waals surface area contributed by atoms with E-state index in [0.717, 1.165) is 26.2 Å². The van der Waals surface area contributed by atoms with Gasteiger partial charge >= 0.3 is 0 Å². The van der Waals surface area contributed by atoms with E-state index in [1.54, 1.807) is 12.1 Å². The molecular formula is C13H17ClN2O2. The minimum atomic E-state index is -0.0267. The molecule has 3 heterocycles. The number of hydrogen-bond donors (Lipinski definition) is 0. The summed E-state index contributed by atoms with van der Waals surface area (Å²) in [7, 11) is 2.16. The van der Waals surface area contributed by atoms with E-state index in [2.05, 4.69) is 11.9 Å². The van der Waals surface area contributed by atoms with Crippen LogP contribution in [-0.4, -0.2) is 48.9 Å². The molecule has 5 heteroatoms. The molecule has 2 aliphatic rings. The molecule has 2 fully saturated rings. The summed E-state index contributed by atoms with van der Waals surface area (Å²) in [5, 5.41) is 0.273. The minimum Gasteiger partial charge on any atom is -0.440 e. The van der Waals surface area contributed by atoms with Crippen LogP contribution in [0.4, 0.5) is 0 Å². The highest BCUT2D eigenvalue weighted by atomic mass is 35.5. The second-order valence-electron chi connectivity index (χ2n) is 5.50. The molecule has 3 rings (SSSR count). The van der Waals surface area contributed by atoms with Crippen molar-refractivity contribution in [2.75, 3.05) is 33.2 Å². The molecule has 98 valence electrons. The Morgan fingerprint density at radius 1 is 1.28 bits per heavy atom. The summed E-state index contributed by atoms with van der Waals surface area (Å²) >= 11 is 5.71. The maximum atomic E-state index is 12.3. The van der Waals surface area contributed by atoms with Gasteiger partial charge in [0.2, 0.25) is 0 Å². The van der Waals surface area contributed by atoms with Crippen LogP contribution in [0.5, 0.6) is 0 Å². The van der Waals surface area contributed by atoms with E-state index in [-0.39, 0.29) is 11.1 Å². The fourth-order valence-electron chi connectivity index (χ4n) is 3.29. The first-order chi connectivity index (χ1) is 8.61. The molecule has 4 nitrogen and oxygen atoms in total. The second kappa shape index (κ2) is 4.59. The zero-order valence-corrected chi connectivity index (χ0v) is 11.2. The summed E-state index contributed by atoms with van der Waals surface area (Å²) in [4.78, 5) is 16.6. The van der Waals surface area contributed by atoms with E-state index >= 15 is 0 Å². The van der Waals surface area contributed by atoms with Gasteiger partial charge in [0.15, 0.2) is 11.0 Å². The molecule has 1 aromatic rings. The van der Waals surface area contributed by atoms with E-state index in [9.17, 15) is 4.79 Å². The summed E-state index contributed by atoms with van der Waals surface area (Å²) in [5.74, 6) is 1.52. The number of rotatable bonds is 1. The van der Waals surface area contributed by atoms with Crippen LogP contribution >= 0.6 is 11.6 Å². The summed E-state index contributed by atoms with van der Waals surface area (Å²) in [6.07, 6.45) is 1.24. The summed E-state index contributed by atoms with van der Waals surface area (Å²) < 4.78 is 5.21. The number of carbonyl (C=O) groups excluding carboxylic acids is 1. The maximum absolute atomic E-state index is 12.3. The van der Waals surface area contributed by atoms with Crippen LogP contribution in [0.25, 0.3) is 0 Å². The number of furan rings is 1. The van der Waals surface area contributed by atoms with Gasteiger partial charge in [-0.05, 0) is 49.0 Å². The SMILES string of the molecule is CN1CC2CC(C1)CN(C(=O)c1ccc(Cl)o1)C2. The lowest BCUT2D eigenvalue weighted by Gasteiger charge is -2.44. The van der Waals surface area contributed by atoms with Crippen molar-refractivity contribution in [2.24, 2.45) is 11.8 Å². The quantitative estimate of drug-likeness (QED) is 0.781. The molecule has 0 aromatic carbocycles. The van der Waals surface area contributed by atoms with Crippen LogP contribution in [0.3, 0.4) is 0 Å². The van der Waals surface area contributed by atoms with E-state index in [1.165, 1.54) is 6.42 Å². The third-order valence-electron chi connectivity index (χ3n) is 3.83. The highest BCUT2D eigenvalue weighted by Gasteiger charge is 2.35. The van der Waals surface area contributed by atoms with E-state index in [4.69, 9.17) is 16.0 Å². The van der Waals surface area contributed by atoms with E-state index < -0.39 is 0 Å². The molecule has 2 atom stereocenters. The topological polar surface area (TPSA) is 36.7 Å². The summed E-state index contributed by atoms with van der Waals surface area (Å²) in [5.41, 5.74) is 0. The number of piperidine rings is 2. The van der Waals surface area contributed by atoms with Gasteiger partial charge in [-0.25, -0.2) is 0 Å². The van der Waals surface area contributed by atoms with E-state index in [0.29, 0.717) is 17.6 Å². The lowest BCUT2D eigenvalue weighted by Crippen LogP contribution is -2.53. The van der Waals surface area contributed by atoms with Crippen molar-refractivity contribution in [1.82, 2.24) is 9.80 Å². The molecule has 0 spiro atoms. The van der Waals surface area contributed by atoms with Crippen molar-refractivity contribution in [2.45, 2.75) is 6.42 Å². The first kappa shape index (κ1) is 12.1. The van der Waals surface area contributed by atoms with Gasteiger partial charge in [0.1, 0.15) is 0 Å². The number of halogens is 1. The fraction of sp³-hybridized carbons (Fsp3) is 0.615. The molecule has 2 bridgehead atoms. The molecule has 18 heavy (non-hydrogen) atoms.